The lowest BCUT2D eigenvalue weighted by atomic mass is 10.0. The Bertz CT molecular complexity index is 681. The number of nitrogens with zero attached hydrogens (tertiary/aromatic N) is 2. The largest absolute Gasteiger partial charge is 0.390 e. The fourth-order valence-corrected chi connectivity index (χ4v) is 3.55. The van der Waals surface area contributed by atoms with Gasteiger partial charge in [-0.25, -0.2) is 0 Å². The minimum atomic E-state index is -0.917. The van der Waals surface area contributed by atoms with Gasteiger partial charge in [-0.1, -0.05) is 0 Å². The van der Waals surface area contributed by atoms with E-state index in [1.807, 2.05) is 0 Å². The minimum absolute atomic E-state index is 0.142. The van der Waals surface area contributed by atoms with Crippen LogP contribution >= 0.6 is 11.3 Å². The second kappa shape index (κ2) is 4.66. The third kappa shape index (κ3) is 1.79. The van der Waals surface area contributed by atoms with Crippen molar-refractivity contribution in [3.05, 3.63) is 16.5 Å². The summed E-state index contributed by atoms with van der Waals surface area (Å²) in [6, 6.07) is -0.917. The number of hydrogen-bond donors (Lipinski definition) is 1. The van der Waals surface area contributed by atoms with E-state index in [0.717, 1.165) is 21.1 Å². The summed E-state index contributed by atoms with van der Waals surface area (Å²) < 4.78 is 0. The van der Waals surface area contributed by atoms with Crippen LogP contribution in [-0.2, 0) is 9.59 Å². The van der Waals surface area contributed by atoms with E-state index in [1.165, 1.54) is 5.38 Å². The lowest BCUT2D eigenvalue weighted by Crippen LogP contribution is -2.55. The van der Waals surface area contributed by atoms with Crippen LogP contribution in [-0.4, -0.2) is 46.0 Å². The van der Waals surface area contributed by atoms with Crippen LogP contribution < -0.4 is 5.73 Å². The fraction of sp³-hybridized carbons (Fsp3) is 0.385. The molecule has 0 radical (unpaired) electrons. The molecule has 0 bridgehead atoms. The first-order chi connectivity index (χ1) is 9.97. The number of anilines is 1. The molecule has 7 nitrogen and oxygen atoms in total. The molecule has 0 saturated carbocycles. The topological polar surface area (TPSA) is 101 Å². The Hall–Kier alpha value is -2.22. The van der Waals surface area contributed by atoms with Gasteiger partial charge in [-0.05, 0) is 13.3 Å². The minimum Gasteiger partial charge on any atom is -0.390 e. The third-order valence-corrected chi connectivity index (χ3v) is 4.62. The number of nitrogen functional groups attached to an aromatic ring is 1. The number of hydrogen-bond acceptors (Lipinski definition) is 6. The molecule has 3 rings (SSSR count). The van der Waals surface area contributed by atoms with Gasteiger partial charge in [-0.3, -0.25) is 29.0 Å². The summed E-state index contributed by atoms with van der Waals surface area (Å²) in [5, 5.41) is 1.80. The van der Waals surface area contributed by atoms with E-state index in [0.29, 0.717) is 0 Å². The van der Waals surface area contributed by atoms with E-state index in [2.05, 4.69) is 0 Å². The zero-order valence-electron chi connectivity index (χ0n) is 11.3. The van der Waals surface area contributed by atoms with Crippen LogP contribution in [0.15, 0.2) is 5.38 Å². The van der Waals surface area contributed by atoms with Gasteiger partial charge in [0.1, 0.15) is 6.04 Å². The summed E-state index contributed by atoms with van der Waals surface area (Å²) >= 11 is 1.13. The Labute approximate surface area is 124 Å². The average Bonchev–Trinajstić information content (AvgIpc) is 2.93. The first-order valence-electron chi connectivity index (χ1n) is 6.56. The number of carbonyl (C=O) groups is 4. The molecule has 1 aromatic heterocycles. The van der Waals surface area contributed by atoms with Crippen LogP contribution in [0, 0.1) is 0 Å². The average molecular weight is 307 g/mol. The second-order valence-corrected chi connectivity index (χ2v) is 5.81. The highest BCUT2D eigenvalue weighted by atomic mass is 32.1. The van der Waals surface area contributed by atoms with Gasteiger partial charge in [0, 0.05) is 18.3 Å². The molecule has 2 N–H and O–H groups in total. The molecular formula is C13H13N3O4S. The predicted octanol–water partition coefficient (Wildman–Crippen LogP) is 0.464. The number of fused-ring (bicyclic) bond motifs is 1. The number of imide groups is 2. The number of likely N-dealkylation sites (tertiary alicyclic amines) is 1. The van der Waals surface area contributed by atoms with E-state index in [9.17, 15) is 19.2 Å². The molecule has 0 aromatic carbocycles. The predicted molar refractivity (Wildman–Crippen MR) is 74.6 cm³/mol. The highest BCUT2D eigenvalue weighted by molar-refractivity contribution is 7.14. The number of carbonyl (C=O) groups excluding carboxylic acids is 4. The van der Waals surface area contributed by atoms with Crippen LogP contribution in [0.5, 0.6) is 0 Å². The Morgan fingerprint density at radius 3 is 2.62 bits per heavy atom. The number of likely N-dealkylation sites (N-methyl/N-ethyl adjacent to an activating group) is 1. The van der Waals surface area contributed by atoms with Crippen molar-refractivity contribution in [2.45, 2.75) is 25.8 Å². The maximum absolute atomic E-state index is 12.4. The summed E-state index contributed by atoms with van der Waals surface area (Å²) in [4.78, 5) is 50.8. The first-order valence-corrected chi connectivity index (χ1v) is 7.44. The summed E-state index contributed by atoms with van der Waals surface area (Å²) in [6.07, 6.45) is 0.308. The van der Waals surface area contributed by atoms with Crippen LogP contribution in [0.1, 0.15) is 40.5 Å². The zero-order valence-corrected chi connectivity index (χ0v) is 12.1. The lowest BCUT2D eigenvalue weighted by molar-refractivity contribution is -0.151. The van der Waals surface area contributed by atoms with Crippen molar-refractivity contribution in [1.29, 1.82) is 0 Å². The van der Waals surface area contributed by atoms with Crippen LogP contribution in [0.4, 0.5) is 5.00 Å². The molecule has 110 valence electrons. The van der Waals surface area contributed by atoms with E-state index >= 15 is 0 Å². The third-order valence-electron chi connectivity index (χ3n) is 3.81. The van der Waals surface area contributed by atoms with E-state index < -0.39 is 23.8 Å². The van der Waals surface area contributed by atoms with Crippen molar-refractivity contribution in [3.8, 4) is 0 Å². The van der Waals surface area contributed by atoms with Gasteiger partial charge in [0.05, 0.1) is 16.1 Å². The molecule has 8 heteroatoms. The Morgan fingerprint density at radius 2 is 2.00 bits per heavy atom. The molecule has 2 aliphatic rings. The summed E-state index contributed by atoms with van der Waals surface area (Å²) in [6.45, 7) is 1.91. The molecule has 1 fully saturated rings. The Kier molecular flexibility index (Phi) is 3.05. The number of thiophene rings is 1. The normalized spacial score (nSPS) is 22.2. The monoisotopic (exact) mass is 307 g/mol. The van der Waals surface area contributed by atoms with Crippen LogP contribution in [0.2, 0.25) is 0 Å². The second-order valence-electron chi connectivity index (χ2n) is 4.90. The van der Waals surface area contributed by atoms with Gasteiger partial charge in [-0.15, -0.1) is 11.3 Å². The highest BCUT2D eigenvalue weighted by Gasteiger charge is 2.47. The molecule has 0 aliphatic carbocycles. The summed E-state index contributed by atoms with van der Waals surface area (Å²) in [5.74, 6) is -1.82. The first kappa shape index (κ1) is 13.7. The Morgan fingerprint density at radius 1 is 1.29 bits per heavy atom. The van der Waals surface area contributed by atoms with Gasteiger partial charge in [0.25, 0.3) is 17.7 Å². The SMILES string of the molecule is CCN1C(=O)CCC(N2C(=O)c3csc(N)c3C2=O)C1=O. The zero-order chi connectivity index (χ0) is 15.3. The maximum atomic E-state index is 12.4. The van der Waals surface area contributed by atoms with Crippen molar-refractivity contribution in [1.82, 2.24) is 9.80 Å². The van der Waals surface area contributed by atoms with Gasteiger partial charge in [0.15, 0.2) is 0 Å². The van der Waals surface area contributed by atoms with Gasteiger partial charge < -0.3 is 5.73 Å². The number of piperidine rings is 1. The molecule has 1 saturated heterocycles. The summed E-state index contributed by atoms with van der Waals surface area (Å²) in [7, 11) is 0. The molecule has 4 amide bonds. The van der Waals surface area contributed by atoms with E-state index in [4.69, 9.17) is 5.73 Å². The van der Waals surface area contributed by atoms with Crippen molar-refractivity contribution in [3.63, 3.8) is 0 Å². The van der Waals surface area contributed by atoms with Crippen molar-refractivity contribution < 1.29 is 19.2 Å². The standard InChI is InChI=1S/C13H13N3O4S/c1-2-15-8(17)4-3-7(12(15)19)16-11(18)6-5-21-10(14)9(6)13(16)20/h5,7H,2-4,14H2,1H3. The number of amides is 4. The maximum Gasteiger partial charge on any atom is 0.265 e. The number of rotatable bonds is 2. The molecule has 1 unspecified atom stereocenters. The van der Waals surface area contributed by atoms with Crippen molar-refractivity contribution in [2.75, 3.05) is 12.3 Å². The fourth-order valence-electron chi connectivity index (χ4n) is 2.77. The highest BCUT2D eigenvalue weighted by Crippen LogP contribution is 2.35. The van der Waals surface area contributed by atoms with E-state index in [-0.39, 0.29) is 41.4 Å². The Balaban J connectivity index is 1.96. The van der Waals surface area contributed by atoms with Crippen molar-refractivity contribution >= 4 is 40.0 Å². The molecule has 2 aliphatic heterocycles. The van der Waals surface area contributed by atoms with Gasteiger partial charge in [0.2, 0.25) is 5.91 Å². The summed E-state index contributed by atoms with van der Waals surface area (Å²) in [5.41, 5.74) is 6.14. The van der Waals surface area contributed by atoms with Crippen LogP contribution in [0.3, 0.4) is 0 Å². The van der Waals surface area contributed by atoms with Crippen LogP contribution in [0.25, 0.3) is 0 Å². The quantitative estimate of drug-likeness (QED) is 0.800. The molecule has 21 heavy (non-hydrogen) atoms. The van der Waals surface area contributed by atoms with Gasteiger partial charge in [-0.2, -0.15) is 0 Å². The number of nitrogens with two attached hydrogens (primary N) is 1. The molecule has 1 aromatic rings. The molecule has 3 heterocycles. The van der Waals surface area contributed by atoms with Crippen molar-refractivity contribution in [2.24, 2.45) is 0 Å². The molecule has 0 spiro atoms. The van der Waals surface area contributed by atoms with Gasteiger partial charge >= 0.3 is 0 Å². The molecular weight excluding hydrogens is 294 g/mol. The molecule has 1 atom stereocenters. The smallest absolute Gasteiger partial charge is 0.265 e. The van der Waals surface area contributed by atoms with E-state index in [1.54, 1.807) is 6.92 Å². The lowest BCUT2D eigenvalue weighted by Gasteiger charge is -2.33.